The Hall–Kier alpha value is -2.74. The zero-order chi connectivity index (χ0) is 17.6. The van der Waals surface area contributed by atoms with E-state index in [1.165, 1.54) is 19.2 Å². The summed E-state index contributed by atoms with van der Waals surface area (Å²) in [5.41, 5.74) is 0.756. The number of methoxy groups -OCH3 is 1. The molecule has 2 aromatic rings. The summed E-state index contributed by atoms with van der Waals surface area (Å²) >= 11 is 0. The number of nitrogens with one attached hydrogen (secondary N) is 2. The van der Waals surface area contributed by atoms with E-state index in [-0.39, 0.29) is 12.5 Å². The number of amides is 1. The lowest BCUT2D eigenvalue weighted by atomic mass is 10.2. The number of rotatable bonds is 7. The van der Waals surface area contributed by atoms with Crippen LogP contribution in [0.25, 0.3) is 0 Å². The average Bonchev–Trinajstić information content (AvgIpc) is 2.54. The summed E-state index contributed by atoms with van der Waals surface area (Å²) in [4.78, 5) is 11.9. The van der Waals surface area contributed by atoms with Crippen LogP contribution in [0.15, 0.2) is 48.5 Å². The summed E-state index contributed by atoms with van der Waals surface area (Å²) in [5, 5.41) is 2.66. The molecule has 0 saturated heterocycles. The van der Waals surface area contributed by atoms with E-state index in [0.717, 1.165) is 6.26 Å². The Morgan fingerprint density at radius 1 is 1.12 bits per heavy atom. The molecule has 0 aliphatic heterocycles. The van der Waals surface area contributed by atoms with Crippen molar-refractivity contribution in [3.8, 4) is 11.5 Å². The minimum absolute atomic E-state index is 0.143. The van der Waals surface area contributed by atoms with E-state index in [1.807, 2.05) is 18.2 Å². The number of benzene rings is 2. The second kappa shape index (κ2) is 7.69. The third kappa shape index (κ3) is 5.47. The van der Waals surface area contributed by atoms with E-state index < -0.39 is 10.0 Å². The smallest absolute Gasteiger partial charge is 0.262 e. The molecule has 0 bridgehead atoms. The molecule has 24 heavy (non-hydrogen) atoms. The molecule has 0 unspecified atom stereocenters. The average molecular weight is 350 g/mol. The topological polar surface area (TPSA) is 93.7 Å². The lowest BCUT2D eigenvalue weighted by Gasteiger charge is -2.12. The minimum atomic E-state index is -3.42. The van der Waals surface area contributed by atoms with Gasteiger partial charge in [-0.2, -0.15) is 0 Å². The Balaban J connectivity index is 2.00. The van der Waals surface area contributed by atoms with Crippen LogP contribution in [0.3, 0.4) is 0 Å². The van der Waals surface area contributed by atoms with Gasteiger partial charge in [-0.05, 0) is 24.3 Å². The lowest BCUT2D eigenvalue weighted by molar-refractivity contribution is -0.118. The standard InChI is InChI=1S/C16H18N2O5S/c1-22-15-10-12(8-9-14(15)18-24(2,20)21)17-16(19)11-23-13-6-4-3-5-7-13/h3-10,18H,11H2,1-2H3,(H,17,19). The van der Waals surface area contributed by atoms with E-state index in [4.69, 9.17) is 9.47 Å². The van der Waals surface area contributed by atoms with Gasteiger partial charge in [0, 0.05) is 11.8 Å². The van der Waals surface area contributed by atoms with Gasteiger partial charge in [0.1, 0.15) is 11.5 Å². The lowest BCUT2D eigenvalue weighted by Crippen LogP contribution is -2.20. The zero-order valence-electron chi connectivity index (χ0n) is 13.3. The van der Waals surface area contributed by atoms with Crippen LogP contribution in [0, 0.1) is 0 Å². The second-order valence-electron chi connectivity index (χ2n) is 4.94. The van der Waals surface area contributed by atoms with Crippen LogP contribution >= 0.6 is 0 Å². The minimum Gasteiger partial charge on any atom is -0.494 e. The Kier molecular flexibility index (Phi) is 5.64. The van der Waals surface area contributed by atoms with E-state index in [1.54, 1.807) is 18.2 Å². The number of sulfonamides is 1. The van der Waals surface area contributed by atoms with E-state index in [0.29, 0.717) is 22.9 Å². The van der Waals surface area contributed by atoms with Gasteiger partial charge in [-0.25, -0.2) is 8.42 Å². The highest BCUT2D eigenvalue weighted by molar-refractivity contribution is 7.92. The summed E-state index contributed by atoms with van der Waals surface area (Å²) in [6.45, 7) is -0.143. The summed E-state index contributed by atoms with van der Waals surface area (Å²) in [6, 6.07) is 13.6. The molecule has 0 radical (unpaired) electrons. The highest BCUT2D eigenvalue weighted by atomic mass is 32.2. The number of hydrogen-bond donors (Lipinski definition) is 2. The fourth-order valence-electron chi connectivity index (χ4n) is 1.92. The van der Waals surface area contributed by atoms with Crippen molar-refractivity contribution in [3.05, 3.63) is 48.5 Å². The normalized spacial score (nSPS) is 10.8. The molecule has 0 fully saturated rings. The van der Waals surface area contributed by atoms with Crippen molar-refractivity contribution in [2.24, 2.45) is 0 Å². The van der Waals surface area contributed by atoms with Crippen molar-refractivity contribution in [1.82, 2.24) is 0 Å². The van der Waals surface area contributed by atoms with E-state index in [9.17, 15) is 13.2 Å². The maximum absolute atomic E-state index is 11.9. The van der Waals surface area contributed by atoms with Gasteiger partial charge in [0.25, 0.3) is 5.91 Å². The Morgan fingerprint density at radius 2 is 1.83 bits per heavy atom. The van der Waals surface area contributed by atoms with Crippen LogP contribution in [0.1, 0.15) is 0 Å². The number of anilines is 2. The van der Waals surface area contributed by atoms with Gasteiger partial charge in [-0.3, -0.25) is 9.52 Å². The molecule has 0 saturated carbocycles. The quantitative estimate of drug-likeness (QED) is 0.797. The number of ether oxygens (including phenoxy) is 2. The van der Waals surface area contributed by atoms with Crippen LogP contribution < -0.4 is 19.5 Å². The molecule has 8 heteroatoms. The fourth-order valence-corrected chi connectivity index (χ4v) is 2.48. The molecule has 0 aliphatic rings. The molecule has 0 atom stereocenters. The van der Waals surface area contributed by atoms with Crippen molar-refractivity contribution in [2.75, 3.05) is 30.0 Å². The van der Waals surface area contributed by atoms with Gasteiger partial charge in [-0.15, -0.1) is 0 Å². The second-order valence-corrected chi connectivity index (χ2v) is 6.69. The van der Waals surface area contributed by atoms with Gasteiger partial charge in [0.05, 0.1) is 19.1 Å². The molecule has 0 aliphatic carbocycles. The van der Waals surface area contributed by atoms with Gasteiger partial charge >= 0.3 is 0 Å². The fraction of sp³-hybridized carbons (Fsp3) is 0.188. The molecule has 2 rings (SSSR count). The summed E-state index contributed by atoms with van der Waals surface area (Å²) < 4.78 is 35.4. The van der Waals surface area contributed by atoms with Crippen molar-refractivity contribution < 1.29 is 22.7 Å². The molecule has 128 valence electrons. The zero-order valence-corrected chi connectivity index (χ0v) is 14.1. The van der Waals surface area contributed by atoms with Gasteiger partial charge in [0.15, 0.2) is 6.61 Å². The molecule has 1 amide bonds. The molecule has 2 N–H and O–H groups in total. The van der Waals surface area contributed by atoms with Crippen LogP contribution in [0.4, 0.5) is 11.4 Å². The Labute approximate surface area is 140 Å². The molecule has 0 heterocycles. The van der Waals surface area contributed by atoms with Gasteiger partial charge in [0.2, 0.25) is 10.0 Å². The molecule has 0 aromatic heterocycles. The van der Waals surface area contributed by atoms with E-state index in [2.05, 4.69) is 10.0 Å². The van der Waals surface area contributed by atoms with Crippen LogP contribution in [-0.2, 0) is 14.8 Å². The Bertz CT molecular complexity index is 806. The third-order valence-corrected chi connectivity index (χ3v) is 3.48. The molecular weight excluding hydrogens is 332 g/mol. The van der Waals surface area contributed by atoms with Crippen LogP contribution in [0.2, 0.25) is 0 Å². The SMILES string of the molecule is COc1cc(NC(=O)COc2ccccc2)ccc1NS(C)(=O)=O. The predicted molar refractivity (Wildman–Crippen MR) is 92.0 cm³/mol. The molecular formula is C16H18N2O5S. The maximum Gasteiger partial charge on any atom is 0.262 e. The first-order valence-corrected chi connectivity index (χ1v) is 8.90. The first-order valence-electron chi connectivity index (χ1n) is 7.01. The highest BCUT2D eigenvalue weighted by Gasteiger charge is 2.10. The highest BCUT2D eigenvalue weighted by Crippen LogP contribution is 2.28. The monoisotopic (exact) mass is 350 g/mol. The van der Waals surface area contributed by atoms with Crippen LogP contribution in [0.5, 0.6) is 11.5 Å². The predicted octanol–water partition coefficient (Wildman–Crippen LogP) is 2.08. The first-order chi connectivity index (χ1) is 11.4. The summed E-state index contributed by atoms with van der Waals surface area (Å²) in [6.07, 6.45) is 1.04. The largest absolute Gasteiger partial charge is 0.494 e. The third-order valence-electron chi connectivity index (χ3n) is 2.89. The summed E-state index contributed by atoms with van der Waals surface area (Å²) in [7, 11) is -2.01. The van der Waals surface area contributed by atoms with Crippen molar-refractivity contribution in [1.29, 1.82) is 0 Å². The van der Waals surface area contributed by atoms with Crippen LogP contribution in [-0.4, -0.2) is 34.3 Å². The number of carbonyl (C=O) groups excluding carboxylic acids is 1. The first kappa shape index (κ1) is 17.6. The maximum atomic E-state index is 11.9. The van der Waals surface area contributed by atoms with Crippen molar-refractivity contribution in [3.63, 3.8) is 0 Å². The molecule has 2 aromatic carbocycles. The number of para-hydroxylation sites is 1. The molecule has 7 nitrogen and oxygen atoms in total. The molecule has 0 spiro atoms. The Morgan fingerprint density at radius 3 is 2.46 bits per heavy atom. The van der Waals surface area contributed by atoms with Crippen molar-refractivity contribution in [2.45, 2.75) is 0 Å². The number of hydrogen-bond acceptors (Lipinski definition) is 5. The number of carbonyl (C=O) groups is 1. The van der Waals surface area contributed by atoms with Gasteiger partial charge < -0.3 is 14.8 Å². The summed E-state index contributed by atoms with van der Waals surface area (Å²) in [5.74, 6) is 0.546. The van der Waals surface area contributed by atoms with E-state index >= 15 is 0 Å². The van der Waals surface area contributed by atoms with Crippen molar-refractivity contribution >= 4 is 27.3 Å². The van der Waals surface area contributed by atoms with Gasteiger partial charge in [-0.1, -0.05) is 18.2 Å².